The quantitative estimate of drug-likeness (QED) is 0.678. The maximum Gasteiger partial charge on any atom is 0.160 e. The molecule has 1 nitrogen and oxygen atoms in total. The fourth-order valence-electron chi connectivity index (χ4n) is 1.58. The number of hydrogen-bond donors (Lipinski definition) is 0. The highest BCUT2D eigenvalue weighted by molar-refractivity contribution is 9.10. The van der Waals surface area contributed by atoms with Crippen molar-refractivity contribution in [3.8, 4) is 0 Å². The summed E-state index contributed by atoms with van der Waals surface area (Å²) in [5.41, 5.74) is 3.46. The molecule has 0 radical (unpaired) electrons. The molecular formula is C11H9BrO. The van der Waals surface area contributed by atoms with Gasteiger partial charge in [0.25, 0.3) is 0 Å². The molecule has 13 heavy (non-hydrogen) atoms. The van der Waals surface area contributed by atoms with Gasteiger partial charge in [-0.25, -0.2) is 0 Å². The minimum absolute atomic E-state index is 0.185. The zero-order valence-electron chi connectivity index (χ0n) is 7.30. The predicted molar refractivity (Wildman–Crippen MR) is 56.6 cm³/mol. The lowest BCUT2D eigenvalue weighted by atomic mass is 9.95. The Hall–Kier alpha value is -0.890. The molecule has 1 aliphatic carbocycles. The number of carbonyl (C=O) groups excluding carboxylic acids is 1. The highest BCUT2D eigenvalue weighted by Crippen LogP contribution is 2.27. The van der Waals surface area contributed by atoms with Crippen LogP contribution in [0.4, 0.5) is 0 Å². The maximum absolute atomic E-state index is 11.1. The maximum atomic E-state index is 11.1. The average Bonchev–Trinajstić information content (AvgIpc) is 2.02. The molecule has 0 atom stereocenters. The topological polar surface area (TPSA) is 17.1 Å². The highest BCUT2D eigenvalue weighted by Gasteiger charge is 2.12. The van der Waals surface area contributed by atoms with Crippen LogP contribution in [0.15, 0.2) is 22.7 Å². The van der Waals surface area contributed by atoms with E-state index in [4.69, 9.17) is 0 Å². The van der Waals surface area contributed by atoms with Crippen LogP contribution in [0, 0.1) is 6.92 Å². The zero-order chi connectivity index (χ0) is 9.42. The monoisotopic (exact) mass is 236 g/mol. The third-order valence-electron chi connectivity index (χ3n) is 2.16. The van der Waals surface area contributed by atoms with E-state index in [2.05, 4.69) is 28.1 Å². The second-order valence-corrected chi connectivity index (χ2v) is 4.15. The highest BCUT2D eigenvalue weighted by atomic mass is 79.9. The molecule has 0 heterocycles. The molecule has 2 heteroatoms. The smallest absolute Gasteiger partial charge is 0.160 e. The van der Waals surface area contributed by atoms with Gasteiger partial charge in [0.2, 0.25) is 0 Å². The van der Waals surface area contributed by atoms with Crippen molar-refractivity contribution >= 4 is 27.8 Å². The van der Waals surface area contributed by atoms with Gasteiger partial charge in [0.1, 0.15) is 0 Å². The molecular weight excluding hydrogens is 228 g/mol. The summed E-state index contributed by atoms with van der Waals surface area (Å²) < 4.78 is 1.08. The molecule has 2 rings (SSSR count). The summed E-state index contributed by atoms with van der Waals surface area (Å²) in [4.78, 5) is 11.1. The van der Waals surface area contributed by atoms with Crippen molar-refractivity contribution in [2.24, 2.45) is 0 Å². The van der Waals surface area contributed by atoms with Crippen LogP contribution in [0.25, 0.3) is 6.08 Å². The van der Waals surface area contributed by atoms with Crippen LogP contribution in [-0.4, -0.2) is 5.78 Å². The van der Waals surface area contributed by atoms with E-state index in [1.807, 2.05) is 13.0 Å². The summed E-state index contributed by atoms with van der Waals surface area (Å²) in [5.74, 6) is 0.185. The number of rotatable bonds is 0. The van der Waals surface area contributed by atoms with E-state index in [-0.39, 0.29) is 5.78 Å². The van der Waals surface area contributed by atoms with Gasteiger partial charge in [0.15, 0.2) is 5.78 Å². The Morgan fingerprint density at radius 1 is 1.31 bits per heavy atom. The molecule has 0 amide bonds. The Morgan fingerprint density at radius 2 is 2.08 bits per heavy atom. The molecule has 0 aromatic heterocycles. The van der Waals surface area contributed by atoms with E-state index < -0.39 is 0 Å². The standard InChI is InChI=1S/C11H9BrO/c1-7-4-8-6-9(13)2-3-10(8)11(12)5-7/h2-5H,6H2,1H3. The van der Waals surface area contributed by atoms with Crippen LogP contribution in [0.3, 0.4) is 0 Å². The zero-order valence-corrected chi connectivity index (χ0v) is 8.89. The third-order valence-corrected chi connectivity index (χ3v) is 2.82. The van der Waals surface area contributed by atoms with Crippen molar-refractivity contribution in [3.63, 3.8) is 0 Å². The van der Waals surface area contributed by atoms with Crippen LogP contribution < -0.4 is 0 Å². The van der Waals surface area contributed by atoms with Crippen molar-refractivity contribution in [2.75, 3.05) is 0 Å². The normalized spacial score (nSPS) is 14.5. The largest absolute Gasteiger partial charge is 0.294 e. The molecule has 1 aromatic carbocycles. The van der Waals surface area contributed by atoms with Gasteiger partial charge in [-0.2, -0.15) is 0 Å². The SMILES string of the molecule is Cc1cc(Br)c2c(c1)CC(=O)C=C2. The second kappa shape index (κ2) is 3.11. The first-order valence-electron chi connectivity index (χ1n) is 4.17. The van der Waals surface area contributed by atoms with Crippen LogP contribution >= 0.6 is 15.9 Å². The number of hydrogen-bond acceptors (Lipinski definition) is 1. The predicted octanol–water partition coefficient (Wildman–Crippen LogP) is 2.90. The Balaban J connectivity index is 2.62. The molecule has 0 unspecified atom stereocenters. The Kier molecular flexibility index (Phi) is 2.08. The second-order valence-electron chi connectivity index (χ2n) is 3.30. The van der Waals surface area contributed by atoms with Gasteiger partial charge in [-0.15, -0.1) is 0 Å². The number of ketones is 1. The van der Waals surface area contributed by atoms with Gasteiger partial charge >= 0.3 is 0 Å². The molecule has 0 saturated heterocycles. The number of benzene rings is 1. The fraction of sp³-hybridized carbons (Fsp3) is 0.182. The van der Waals surface area contributed by atoms with E-state index in [1.165, 1.54) is 5.56 Å². The first kappa shape index (κ1) is 8.70. The average molecular weight is 237 g/mol. The molecule has 0 spiro atoms. The van der Waals surface area contributed by atoms with E-state index in [9.17, 15) is 4.79 Å². The minimum Gasteiger partial charge on any atom is -0.294 e. The summed E-state index contributed by atoms with van der Waals surface area (Å²) in [6.45, 7) is 2.04. The Morgan fingerprint density at radius 3 is 2.85 bits per heavy atom. The molecule has 0 bridgehead atoms. The lowest BCUT2D eigenvalue weighted by Gasteiger charge is -2.12. The molecule has 66 valence electrons. The van der Waals surface area contributed by atoms with Crippen LogP contribution in [0.1, 0.15) is 16.7 Å². The summed E-state index contributed by atoms with van der Waals surface area (Å²) in [6, 6.07) is 4.14. The van der Waals surface area contributed by atoms with E-state index in [0.717, 1.165) is 15.6 Å². The van der Waals surface area contributed by atoms with Gasteiger partial charge in [0.05, 0.1) is 0 Å². The van der Waals surface area contributed by atoms with E-state index >= 15 is 0 Å². The summed E-state index contributed by atoms with van der Waals surface area (Å²) in [5, 5.41) is 0. The molecule has 0 aliphatic heterocycles. The lowest BCUT2D eigenvalue weighted by Crippen LogP contribution is -2.05. The molecule has 0 N–H and O–H groups in total. The van der Waals surface area contributed by atoms with Crippen molar-refractivity contribution in [1.82, 2.24) is 0 Å². The van der Waals surface area contributed by atoms with E-state index in [0.29, 0.717) is 6.42 Å². The summed E-state index contributed by atoms with van der Waals surface area (Å²) in [7, 11) is 0. The number of carbonyl (C=O) groups is 1. The van der Waals surface area contributed by atoms with Crippen molar-refractivity contribution in [2.45, 2.75) is 13.3 Å². The van der Waals surface area contributed by atoms with Crippen LogP contribution in [0.2, 0.25) is 0 Å². The van der Waals surface area contributed by atoms with Gasteiger partial charge < -0.3 is 0 Å². The summed E-state index contributed by atoms with van der Waals surface area (Å²) in [6.07, 6.45) is 4.05. The van der Waals surface area contributed by atoms with Crippen molar-refractivity contribution in [3.05, 3.63) is 39.4 Å². The fourth-order valence-corrected chi connectivity index (χ4v) is 2.33. The third kappa shape index (κ3) is 1.59. The molecule has 0 saturated carbocycles. The van der Waals surface area contributed by atoms with E-state index in [1.54, 1.807) is 6.08 Å². The number of aryl methyl sites for hydroxylation is 1. The minimum atomic E-state index is 0.185. The molecule has 0 fully saturated rings. The molecule has 1 aromatic rings. The number of halogens is 1. The number of allylic oxidation sites excluding steroid dienone is 1. The van der Waals surface area contributed by atoms with Crippen LogP contribution in [-0.2, 0) is 11.2 Å². The summed E-state index contributed by atoms with van der Waals surface area (Å²) >= 11 is 3.49. The van der Waals surface area contributed by atoms with Crippen LogP contribution in [0.5, 0.6) is 0 Å². The van der Waals surface area contributed by atoms with Gasteiger partial charge in [-0.1, -0.05) is 28.1 Å². The van der Waals surface area contributed by atoms with Gasteiger partial charge in [0, 0.05) is 10.9 Å². The lowest BCUT2D eigenvalue weighted by molar-refractivity contribution is -0.114. The first-order valence-corrected chi connectivity index (χ1v) is 4.96. The van der Waals surface area contributed by atoms with Crippen molar-refractivity contribution in [1.29, 1.82) is 0 Å². The van der Waals surface area contributed by atoms with Crippen molar-refractivity contribution < 1.29 is 4.79 Å². The Labute approximate surface area is 85.6 Å². The number of fused-ring (bicyclic) bond motifs is 1. The van der Waals surface area contributed by atoms with Gasteiger partial charge in [-0.05, 0) is 35.8 Å². The molecule has 1 aliphatic rings. The Bertz CT molecular complexity index is 405. The first-order chi connectivity index (χ1) is 6.16. The van der Waals surface area contributed by atoms with Gasteiger partial charge in [-0.3, -0.25) is 4.79 Å².